The number of anilines is 1. The number of carbonyl (C=O) groups is 1. The zero-order chi connectivity index (χ0) is 15.2. The highest BCUT2D eigenvalue weighted by Crippen LogP contribution is 2.09. The van der Waals surface area contributed by atoms with E-state index in [0.717, 1.165) is 0 Å². The fraction of sp³-hybridized carbons (Fsp3) is 0.214. The van der Waals surface area contributed by atoms with Gasteiger partial charge in [0, 0.05) is 25.4 Å². The quantitative estimate of drug-likeness (QED) is 0.740. The lowest BCUT2D eigenvalue weighted by Gasteiger charge is -2.06. The first-order valence-electron chi connectivity index (χ1n) is 6.89. The predicted octanol–water partition coefficient (Wildman–Crippen LogP) is 1.28. The molecule has 0 fully saturated rings. The van der Waals surface area contributed by atoms with Gasteiger partial charge in [-0.05, 0) is 24.6 Å². The van der Waals surface area contributed by atoms with Crippen LogP contribution in [0.2, 0.25) is 0 Å². The zero-order valence-electron chi connectivity index (χ0n) is 11.8. The van der Waals surface area contributed by atoms with Gasteiger partial charge in [-0.25, -0.2) is 14.6 Å². The standard InChI is InChI=1S/C14H15N7O/c22-14(3-1-7-20-11-15-10-18-20)19-12-4-5-13(16-9-12)21-8-2-6-17-21/h2,4-6,8-11H,1,3,7H2,(H,19,22). The third-order valence-corrected chi connectivity index (χ3v) is 3.03. The van der Waals surface area contributed by atoms with Crippen molar-refractivity contribution in [3.05, 3.63) is 49.4 Å². The van der Waals surface area contributed by atoms with Gasteiger partial charge in [0.15, 0.2) is 5.82 Å². The Morgan fingerprint density at radius 3 is 2.91 bits per heavy atom. The molecule has 112 valence electrons. The normalized spacial score (nSPS) is 10.5. The average molecular weight is 297 g/mol. The van der Waals surface area contributed by atoms with E-state index in [9.17, 15) is 4.79 Å². The molecule has 0 aliphatic heterocycles. The van der Waals surface area contributed by atoms with E-state index < -0.39 is 0 Å². The van der Waals surface area contributed by atoms with Crippen LogP contribution in [0, 0.1) is 0 Å². The maximum atomic E-state index is 11.9. The first kappa shape index (κ1) is 13.9. The Labute approximate surface area is 126 Å². The SMILES string of the molecule is O=C(CCCn1cncn1)Nc1ccc(-n2cccn2)nc1. The molecule has 0 spiro atoms. The lowest BCUT2D eigenvalue weighted by atomic mass is 10.3. The number of aryl methyl sites for hydroxylation is 1. The first-order chi connectivity index (χ1) is 10.8. The van der Waals surface area contributed by atoms with Crippen molar-refractivity contribution >= 4 is 11.6 Å². The van der Waals surface area contributed by atoms with Crippen LogP contribution in [0.3, 0.4) is 0 Å². The highest BCUT2D eigenvalue weighted by atomic mass is 16.1. The smallest absolute Gasteiger partial charge is 0.224 e. The molecule has 3 heterocycles. The second-order valence-electron chi connectivity index (χ2n) is 4.67. The molecule has 0 unspecified atom stereocenters. The van der Waals surface area contributed by atoms with Crippen LogP contribution in [-0.4, -0.2) is 35.4 Å². The Hall–Kier alpha value is -3.03. The van der Waals surface area contributed by atoms with Crippen LogP contribution in [0.15, 0.2) is 49.4 Å². The van der Waals surface area contributed by atoms with Gasteiger partial charge in [0.05, 0.1) is 11.9 Å². The van der Waals surface area contributed by atoms with Crippen LogP contribution in [0.4, 0.5) is 5.69 Å². The van der Waals surface area contributed by atoms with E-state index >= 15 is 0 Å². The Morgan fingerprint density at radius 2 is 2.23 bits per heavy atom. The van der Waals surface area contributed by atoms with Crippen molar-refractivity contribution in [2.75, 3.05) is 5.32 Å². The van der Waals surface area contributed by atoms with Gasteiger partial charge in [0.2, 0.25) is 5.91 Å². The van der Waals surface area contributed by atoms with Crippen LogP contribution < -0.4 is 5.32 Å². The highest BCUT2D eigenvalue weighted by molar-refractivity contribution is 5.90. The lowest BCUT2D eigenvalue weighted by Crippen LogP contribution is -2.13. The van der Waals surface area contributed by atoms with E-state index in [-0.39, 0.29) is 5.91 Å². The maximum Gasteiger partial charge on any atom is 0.224 e. The number of aromatic nitrogens is 6. The third-order valence-electron chi connectivity index (χ3n) is 3.03. The second-order valence-corrected chi connectivity index (χ2v) is 4.67. The molecular formula is C14H15N7O. The molecule has 0 atom stereocenters. The Bertz CT molecular complexity index is 704. The Kier molecular flexibility index (Phi) is 4.19. The van der Waals surface area contributed by atoms with Crippen LogP contribution in [0.1, 0.15) is 12.8 Å². The summed E-state index contributed by atoms with van der Waals surface area (Å²) in [6.45, 7) is 0.671. The highest BCUT2D eigenvalue weighted by Gasteiger charge is 2.04. The van der Waals surface area contributed by atoms with Gasteiger partial charge in [-0.2, -0.15) is 10.2 Å². The number of pyridine rings is 1. The number of amides is 1. The predicted molar refractivity (Wildman–Crippen MR) is 79.2 cm³/mol. The van der Waals surface area contributed by atoms with Gasteiger partial charge >= 0.3 is 0 Å². The molecule has 22 heavy (non-hydrogen) atoms. The van der Waals surface area contributed by atoms with Gasteiger partial charge in [-0.15, -0.1) is 0 Å². The average Bonchev–Trinajstić information content (AvgIpc) is 3.21. The first-order valence-corrected chi connectivity index (χ1v) is 6.89. The molecule has 0 aliphatic carbocycles. The largest absolute Gasteiger partial charge is 0.325 e. The molecule has 1 amide bonds. The third kappa shape index (κ3) is 3.54. The molecule has 0 aromatic carbocycles. The summed E-state index contributed by atoms with van der Waals surface area (Å²) in [6, 6.07) is 5.43. The Morgan fingerprint density at radius 1 is 1.27 bits per heavy atom. The molecule has 3 aromatic rings. The van der Waals surface area contributed by atoms with Gasteiger partial charge in [-0.3, -0.25) is 9.48 Å². The summed E-state index contributed by atoms with van der Waals surface area (Å²) in [5.74, 6) is 0.655. The lowest BCUT2D eigenvalue weighted by molar-refractivity contribution is -0.116. The second kappa shape index (κ2) is 6.61. The molecule has 3 rings (SSSR count). The Balaban J connectivity index is 1.49. The molecule has 0 bridgehead atoms. The number of hydrogen-bond donors (Lipinski definition) is 1. The van der Waals surface area contributed by atoms with E-state index in [1.807, 2.05) is 12.3 Å². The minimum Gasteiger partial charge on any atom is -0.325 e. The summed E-state index contributed by atoms with van der Waals surface area (Å²) in [5.41, 5.74) is 0.668. The topological polar surface area (TPSA) is 90.5 Å². The fourth-order valence-electron chi connectivity index (χ4n) is 1.97. The van der Waals surface area contributed by atoms with Crippen LogP contribution >= 0.6 is 0 Å². The monoisotopic (exact) mass is 297 g/mol. The van der Waals surface area contributed by atoms with Crippen molar-refractivity contribution in [2.24, 2.45) is 0 Å². The number of nitrogens with zero attached hydrogens (tertiary/aromatic N) is 6. The van der Waals surface area contributed by atoms with Crippen molar-refractivity contribution in [1.82, 2.24) is 29.5 Å². The fourth-order valence-corrected chi connectivity index (χ4v) is 1.97. The summed E-state index contributed by atoms with van der Waals surface area (Å²) >= 11 is 0. The van der Waals surface area contributed by atoms with E-state index in [4.69, 9.17) is 0 Å². The summed E-state index contributed by atoms with van der Waals surface area (Å²) in [6.07, 6.45) is 9.35. The van der Waals surface area contributed by atoms with Crippen molar-refractivity contribution in [1.29, 1.82) is 0 Å². The number of nitrogens with one attached hydrogen (secondary N) is 1. The van der Waals surface area contributed by atoms with Gasteiger partial charge in [0.1, 0.15) is 12.7 Å². The summed E-state index contributed by atoms with van der Waals surface area (Å²) in [5, 5.41) is 10.9. The molecule has 3 aromatic heterocycles. The van der Waals surface area contributed by atoms with Crippen molar-refractivity contribution < 1.29 is 4.79 Å². The van der Waals surface area contributed by atoms with E-state index in [1.54, 1.807) is 40.2 Å². The molecular weight excluding hydrogens is 282 g/mol. The van der Waals surface area contributed by atoms with Crippen molar-refractivity contribution in [3.8, 4) is 5.82 Å². The van der Waals surface area contributed by atoms with Crippen molar-refractivity contribution in [2.45, 2.75) is 19.4 Å². The molecule has 0 saturated heterocycles. The minimum atomic E-state index is -0.0474. The molecule has 0 radical (unpaired) electrons. The summed E-state index contributed by atoms with van der Waals surface area (Å²) in [7, 11) is 0. The van der Waals surface area contributed by atoms with E-state index in [0.29, 0.717) is 30.9 Å². The number of carbonyl (C=O) groups excluding carboxylic acids is 1. The van der Waals surface area contributed by atoms with Crippen molar-refractivity contribution in [3.63, 3.8) is 0 Å². The van der Waals surface area contributed by atoms with Gasteiger partial charge in [-0.1, -0.05) is 0 Å². The van der Waals surface area contributed by atoms with E-state index in [1.165, 1.54) is 6.33 Å². The number of hydrogen-bond acceptors (Lipinski definition) is 5. The molecule has 0 saturated carbocycles. The molecule has 8 heteroatoms. The minimum absolute atomic E-state index is 0.0474. The van der Waals surface area contributed by atoms with E-state index in [2.05, 4.69) is 25.5 Å². The molecule has 8 nitrogen and oxygen atoms in total. The molecule has 0 aliphatic rings. The van der Waals surface area contributed by atoms with Crippen LogP contribution in [0.5, 0.6) is 0 Å². The van der Waals surface area contributed by atoms with Gasteiger partial charge < -0.3 is 5.32 Å². The maximum absolute atomic E-state index is 11.9. The number of rotatable bonds is 6. The van der Waals surface area contributed by atoms with Crippen LogP contribution in [-0.2, 0) is 11.3 Å². The van der Waals surface area contributed by atoms with Gasteiger partial charge in [0.25, 0.3) is 0 Å². The summed E-state index contributed by atoms with van der Waals surface area (Å²) in [4.78, 5) is 20.0. The van der Waals surface area contributed by atoms with Crippen LogP contribution in [0.25, 0.3) is 5.82 Å². The molecule has 1 N–H and O–H groups in total. The summed E-state index contributed by atoms with van der Waals surface area (Å²) < 4.78 is 3.36. The zero-order valence-corrected chi connectivity index (χ0v) is 11.8.